The standard InChI is InChI=1S/C48H78N4O4.C16H18O4.C8H16ClN/c1-7-25-49(26-8-1)33-15-37-53-45-23-21-43(41-47(45)55-39-17-35-51-29-11-3-12-30-51)19-5-6-20-44-22-24-46(54-38-16-34-50-27-9-2-10-28-50)48(42-44)56-40-18-36-52-31-13-4-14-32-52;17-13-7-5-11(9-15(13)19)3-1-2-4-12-6-8-14(18)16(20)10-12;9-5-4-8-10-6-2-1-3-7-10/h21-24,41-42H,1-20,25-40H2;5-10,17-20H,1-4H2;1-8H2. The zero-order valence-electron chi connectivity index (χ0n) is 52.9. The van der Waals surface area contributed by atoms with E-state index in [9.17, 15) is 20.4 Å². The van der Waals surface area contributed by atoms with Crippen LogP contribution in [0, 0.1) is 0 Å². The van der Waals surface area contributed by atoms with Crippen molar-refractivity contribution in [2.24, 2.45) is 0 Å². The second-order valence-electron chi connectivity index (χ2n) is 25.0. The molecule has 4 N–H and O–H groups in total. The van der Waals surface area contributed by atoms with Crippen LogP contribution < -0.4 is 18.9 Å². The highest BCUT2D eigenvalue weighted by Gasteiger charge is 2.16. The maximum Gasteiger partial charge on any atom is 0.161 e. The molecule has 5 aliphatic heterocycles. The lowest BCUT2D eigenvalue weighted by Gasteiger charge is -2.26. The van der Waals surface area contributed by atoms with Gasteiger partial charge in [-0.05, 0) is 290 Å². The largest absolute Gasteiger partial charge is 0.504 e. The molecule has 5 fully saturated rings. The third-order valence-electron chi connectivity index (χ3n) is 17.8. The molecule has 0 aromatic heterocycles. The molecule has 0 bridgehead atoms. The number of benzene rings is 4. The molecule has 0 amide bonds. The van der Waals surface area contributed by atoms with Gasteiger partial charge in [-0.2, -0.15) is 0 Å². The zero-order valence-corrected chi connectivity index (χ0v) is 53.7. The van der Waals surface area contributed by atoms with Gasteiger partial charge in [-0.3, -0.25) is 0 Å². The monoisotopic (exact) mass is 1210 g/mol. The molecule has 5 saturated heterocycles. The number of alkyl halides is 1. The first-order chi connectivity index (χ1) is 42.3. The van der Waals surface area contributed by atoms with Crippen molar-refractivity contribution in [1.29, 1.82) is 0 Å². The molecule has 0 aliphatic carbocycles. The van der Waals surface area contributed by atoms with Crippen molar-refractivity contribution < 1.29 is 39.4 Å². The summed E-state index contributed by atoms with van der Waals surface area (Å²) in [7, 11) is 0. The van der Waals surface area contributed by atoms with Crippen LogP contribution in [0.4, 0.5) is 0 Å². The number of halogens is 1. The Morgan fingerprint density at radius 3 is 0.814 bits per heavy atom. The van der Waals surface area contributed by atoms with Crippen molar-refractivity contribution in [2.45, 2.75) is 180 Å². The Kier molecular flexibility index (Phi) is 33.3. The van der Waals surface area contributed by atoms with Crippen molar-refractivity contribution in [2.75, 3.05) is 130 Å². The minimum Gasteiger partial charge on any atom is -0.504 e. The van der Waals surface area contributed by atoms with Gasteiger partial charge >= 0.3 is 0 Å². The Morgan fingerprint density at radius 2 is 0.535 bits per heavy atom. The van der Waals surface area contributed by atoms with Gasteiger partial charge in [-0.25, -0.2) is 0 Å². The maximum absolute atomic E-state index is 9.39. The van der Waals surface area contributed by atoms with Gasteiger partial charge in [0.15, 0.2) is 46.0 Å². The topological polar surface area (TPSA) is 134 Å². The Bertz CT molecular complexity index is 2260. The van der Waals surface area contributed by atoms with Crippen LogP contribution in [0.3, 0.4) is 0 Å². The van der Waals surface area contributed by atoms with Gasteiger partial charge in [0, 0.05) is 32.1 Å². The molecule has 14 heteroatoms. The average molecular weight is 1210 g/mol. The highest BCUT2D eigenvalue weighted by Crippen LogP contribution is 2.33. The van der Waals surface area contributed by atoms with E-state index < -0.39 is 0 Å². The molecule has 0 unspecified atom stereocenters. The molecular weight excluding hydrogens is 1100 g/mol. The zero-order chi connectivity index (χ0) is 60.1. The summed E-state index contributed by atoms with van der Waals surface area (Å²) in [4.78, 5) is 12.9. The molecule has 9 rings (SSSR count). The summed E-state index contributed by atoms with van der Waals surface area (Å²) in [6, 6.07) is 23.1. The number of phenolic OH excluding ortho intramolecular Hbond substituents is 4. The summed E-state index contributed by atoms with van der Waals surface area (Å²) in [5.41, 5.74) is 4.63. The minimum atomic E-state index is -0.103. The van der Waals surface area contributed by atoms with Crippen molar-refractivity contribution >= 4 is 11.6 Å². The van der Waals surface area contributed by atoms with Crippen LogP contribution >= 0.6 is 11.6 Å². The second-order valence-corrected chi connectivity index (χ2v) is 25.4. The van der Waals surface area contributed by atoms with Gasteiger partial charge in [-0.1, -0.05) is 56.4 Å². The predicted octanol–water partition coefficient (Wildman–Crippen LogP) is 14.4. The number of rotatable bonds is 33. The van der Waals surface area contributed by atoms with Crippen molar-refractivity contribution in [3.05, 3.63) is 95.1 Å². The van der Waals surface area contributed by atoms with Crippen molar-refractivity contribution in [3.8, 4) is 46.0 Å². The van der Waals surface area contributed by atoms with Crippen LogP contribution in [0.5, 0.6) is 46.0 Å². The van der Waals surface area contributed by atoms with Crippen LogP contribution in [0.1, 0.15) is 176 Å². The van der Waals surface area contributed by atoms with Crippen LogP contribution in [0.2, 0.25) is 0 Å². The summed E-state index contributed by atoms with van der Waals surface area (Å²) >= 11 is 5.59. The Balaban J connectivity index is 0.000000286. The van der Waals surface area contributed by atoms with Crippen molar-refractivity contribution in [3.63, 3.8) is 0 Å². The molecule has 5 heterocycles. The van der Waals surface area contributed by atoms with Crippen LogP contribution in [-0.2, 0) is 25.7 Å². The van der Waals surface area contributed by atoms with Gasteiger partial charge in [0.25, 0.3) is 0 Å². The van der Waals surface area contributed by atoms with Gasteiger partial charge in [-0.15, -0.1) is 11.6 Å². The lowest BCUT2D eigenvalue weighted by Crippen LogP contribution is -2.31. The lowest BCUT2D eigenvalue weighted by molar-refractivity contribution is 0.193. The first-order valence-electron chi connectivity index (χ1n) is 34.2. The number of unbranched alkanes of at least 4 members (excludes halogenated alkanes) is 2. The molecule has 0 spiro atoms. The van der Waals surface area contributed by atoms with E-state index in [1.165, 1.54) is 192 Å². The SMILES string of the molecule is ClCCCN1CCCCC1.Oc1ccc(CCCCc2ccc(O)c(O)c2)cc1O.c1cc(OCCCN2CCCCC2)c(OCCCN2CCCCC2)cc1CCCCc1ccc(OCCCN2CCCCC2)c(OCCCN2CCCCC2)c1. The summed E-state index contributed by atoms with van der Waals surface area (Å²) in [6.07, 6.45) is 33.7. The molecule has 5 aliphatic rings. The molecular formula is C72H112ClN5O8. The van der Waals surface area contributed by atoms with Gasteiger partial charge in [0.05, 0.1) is 26.4 Å². The molecule has 4 aromatic carbocycles. The molecule has 4 aromatic rings. The predicted molar refractivity (Wildman–Crippen MR) is 353 cm³/mol. The number of hydrogen-bond donors (Lipinski definition) is 4. The summed E-state index contributed by atoms with van der Waals surface area (Å²) in [5, 5.41) is 37.2. The molecule has 13 nitrogen and oxygen atoms in total. The van der Waals surface area contributed by atoms with Gasteiger partial charge in [0.1, 0.15) is 0 Å². The van der Waals surface area contributed by atoms with Gasteiger partial charge < -0.3 is 63.9 Å². The number of aromatic hydroxyl groups is 4. The third kappa shape index (κ3) is 27.4. The van der Waals surface area contributed by atoms with E-state index in [1.807, 2.05) is 0 Å². The number of likely N-dealkylation sites (tertiary alicyclic amines) is 5. The number of nitrogens with zero attached hydrogens (tertiary/aromatic N) is 5. The molecule has 480 valence electrons. The summed E-state index contributed by atoms with van der Waals surface area (Å²) in [5.74, 6) is 4.08. The summed E-state index contributed by atoms with van der Waals surface area (Å²) < 4.78 is 25.7. The van der Waals surface area contributed by atoms with Crippen molar-refractivity contribution in [1.82, 2.24) is 24.5 Å². The first-order valence-corrected chi connectivity index (χ1v) is 34.8. The highest BCUT2D eigenvalue weighted by atomic mass is 35.5. The fraction of sp³-hybridized carbons (Fsp3) is 0.667. The van der Waals surface area contributed by atoms with Crippen LogP contribution in [0.25, 0.3) is 0 Å². The number of hydrogen-bond acceptors (Lipinski definition) is 13. The first kappa shape index (κ1) is 68.9. The third-order valence-corrected chi connectivity index (χ3v) is 18.1. The van der Waals surface area contributed by atoms with E-state index in [-0.39, 0.29) is 23.0 Å². The maximum atomic E-state index is 9.39. The number of ether oxygens (including phenoxy) is 4. The molecule has 0 radical (unpaired) electrons. The normalized spacial score (nSPS) is 17.5. The lowest BCUT2D eigenvalue weighted by atomic mass is 10.0. The van der Waals surface area contributed by atoms with E-state index in [0.29, 0.717) is 0 Å². The second kappa shape index (κ2) is 41.6. The van der Waals surface area contributed by atoms with E-state index >= 15 is 0 Å². The Labute approximate surface area is 524 Å². The van der Waals surface area contributed by atoms with Gasteiger partial charge in [0.2, 0.25) is 0 Å². The number of phenols is 4. The molecule has 0 atom stereocenters. The number of piperidine rings is 5. The smallest absolute Gasteiger partial charge is 0.161 e. The van der Waals surface area contributed by atoms with E-state index in [2.05, 4.69) is 60.9 Å². The average Bonchev–Trinajstić information content (AvgIpc) is 3.73. The van der Waals surface area contributed by atoms with E-state index in [0.717, 1.165) is 176 Å². The number of aryl methyl sites for hydroxylation is 4. The fourth-order valence-corrected chi connectivity index (χ4v) is 12.8. The highest BCUT2D eigenvalue weighted by molar-refractivity contribution is 6.17. The quantitative estimate of drug-likeness (QED) is 0.0205. The Hall–Kier alpha value is -4.63. The fourth-order valence-electron chi connectivity index (χ4n) is 12.7. The Morgan fingerprint density at radius 1 is 0.279 bits per heavy atom. The van der Waals surface area contributed by atoms with Crippen LogP contribution in [0.15, 0.2) is 72.8 Å². The van der Waals surface area contributed by atoms with Crippen LogP contribution in [-0.4, -0.2) is 175 Å². The van der Waals surface area contributed by atoms with E-state index in [1.54, 1.807) is 24.3 Å². The van der Waals surface area contributed by atoms with E-state index in [4.69, 9.17) is 30.5 Å². The summed E-state index contributed by atoms with van der Waals surface area (Å²) in [6.45, 7) is 21.2. The molecule has 86 heavy (non-hydrogen) atoms. The molecule has 0 saturated carbocycles. The minimum absolute atomic E-state index is 0.0917.